The van der Waals surface area contributed by atoms with Crippen molar-refractivity contribution >= 4 is 5.91 Å². The molecule has 1 fully saturated rings. The summed E-state index contributed by atoms with van der Waals surface area (Å²) in [6.07, 6.45) is 5.17. The second-order valence-corrected chi connectivity index (χ2v) is 5.58. The summed E-state index contributed by atoms with van der Waals surface area (Å²) in [5.41, 5.74) is 0.799. The highest BCUT2D eigenvalue weighted by atomic mass is 19.1. The summed E-state index contributed by atoms with van der Waals surface area (Å²) in [7, 11) is 2.13. The van der Waals surface area contributed by atoms with Crippen LogP contribution in [0.3, 0.4) is 0 Å². The number of carbonyl (C=O) groups is 1. The molecule has 1 aromatic carbocycles. The predicted octanol–water partition coefficient (Wildman–Crippen LogP) is 2.71. The number of amides is 1. The van der Waals surface area contributed by atoms with Gasteiger partial charge < -0.3 is 10.2 Å². The number of likely N-dealkylation sites (tertiary alicyclic amines) is 1. The Morgan fingerprint density at radius 2 is 2.30 bits per heavy atom. The number of nitrogens with one attached hydrogen (secondary N) is 1. The number of nitrogens with zero attached hydrogens (tertiary/aromatic N) is 1. The third-order valence-electron chi connectivity index (χ3n) is 4.00. The lowest BCUT2D eigenvalue weighted by Gasteiger charge is -2.32. The third kappa shape index (κ3) is 4.60. The highest BCUT2D eigenvalue weighted by molar-refractivity contribution is 5.75. The quantitative estimate of drug-likeness (QED) is 0.898. The number of halogens is 1. The molecule has 4 heteroatoms. The van der Waals surface area contributed by atoms with Crippen molar-refractivity contribution in [3.05, 3.63) is 35.6 Å². The van der Waals surface area contributed by atoms with Gasteiger partial charge >= 0.3 is 0 Å². The van der Waals surface area contributed by atoms with Gasteiger partial charge in [0.05, 0.1) is 0 Å². The highest BCUT2D eigenvalue weighted by Crippen LogP contribution is 2.18. The summed E-state index contributed by atoms with van der Waals surface area (Å²) in [5.74, 6) is -0.214. The maximum Gasteiger partial charge on any atom is 0.220 e. The lowest BCUT2D eigenvalue weighted by molar-refractivity contribution is -0.121. The molecule has 2 rings (SSSR count). The summed E-state index contributed by atoms with van der Waals surface area (Å²) >= 11 is 0. The SMILES string of the molecule is CN1CCCC[C@@H]1CCC(=O)NCc1cccc(F)c1. The number of hydrogen-bond acceptors (Lipinski definition) is 2. The van der Waals surface area contributed by atoms with Gasteiger partial charge in [0.25, 0.3) is 0 Å². The van der Waals surface area contributed by atoms with E-state index in [2.05, 4.69) is 17.3 Å². The summed E-state index contributed by atoms with van der Waals surface area (Å²) in [6, 6.07) is 6.87. The van der Waals surface area contributed by atoms with Crippen molar-refractivity contribution in [2.45, 2.75) is 44.7 Å². The first-order valence-corrected chi connectivity index (χ1v) is 7.36. The molecule has 1 aliphatic rings. The Morgan fingerprint density at radius 1 is 1.45 bits per heavy atom. The van der Waals surface area contributed by atoms with Crippen LogP contribution in [-0.2, 0) is 11.3 Å². The number of piperidine rings is 1. The molecule has 1 atom stereocenters. The first-order valence-electron chi connectivity index (χ1n) is 7.36. The first-order chi connectivity index (χ1) is 9.65. The molecule has 3 nitrogen and oxygen atoms in total. The van der Waals surface area contributed by atoms with Crippen LogP contribution in [0.1, 0.15) is 37.7 Å². The molecule has 0 saturated carbocycles. The molecular formula is C16H23FN2O. The van der Waals surface area contributed by atoms with Gasteiger partial charge in [-0.05, 0) is 50.6 Å². The molecule has 1 heterocycles. The van der Waals surface area contributed by atoms with Crippen molar-refractivity contribution in [2.24, 2.45) is 0 Å². The minimum atomic E-state index is -0.263. The van der Waals surface area contributed by atoms with Gasteiger partial charge in [-0.1, -0.05) is 18.6 Å². The van der Waals surface area contributed by atoms with E-state index in [9.17, 15) is 9.18 Å². The standard InChI is InChI=1S/C16H23FN2O/c1-19-10-3-2-7-15(19)8-9-16(20)18-12-13-5-4-6-14(17)11-13/h4-6,11,15H,2-3,7-10,12H2,1H3,(H,18,20)/t15-/m1/s1. The highest BCUT2D eigenvalue weighted by Gasteiger charge is 2.19. The average Bonchev–Trinajstić information content (AvgIpc) is 2.44. The van der Waals surface area contributed by atoms with Gasteiger partial charge in [-0.3, -0.25) is 4.79 Å². The zero-order valence-electron chi connectivity index (χ0n) is 12.1. The molecule has 1 aromatic rings. The van der Waals surface area contributed by atoms with Crippen LogP contribution in [0.5, 0.6) is 0 Å². The summed E-state index contributed by atoms with van der Waals surface area (Å²) in [6.45, 7) is 1.53. The summed E-state index contributed by atoms with van der Waals surface area (Å²) in [5, 5.41) is 2.86. The van der Waals surface area contributed by atoms with Crippen molar-refractivity contribution in [1.29, 1.82) is 0 Å². The predicted molar refractivity (Wildman–Crippen MR) is 77.7 cm³/mol. The van der Waals surface area contributed by atoms with E-state index in [1.807, 2.05) is 6.07 Å². The normalized spacial score (nSPS) is 19.8. The monoisotopic (exact) mass is 278 g/mol. The van der Waals surface area contributed by atoms with E-state index in [4.69, 9.17) is 0 Å². The van der Waals surface area contributed by atoms with E-state index in [1.165, 1.54) is 31.4 Å². The maximum atomic E-state index is 13.0. The van der Waals surface area contributed by atoms with Gasteiger partial charge in [-0.15, -0.1) is 0 Å². The van der Waals surface area contributed by atoms with Crippen molar-refractivity contribution in [1.82, 2.24) is 10.2 Å². The van der Waals surface area contributed by atoms with E-state index in [0.717, 1.165) is 18.5 Å². The van der Waals surface area contributed by atoms with Crippen LogP contribution in [0.2, 0.25) is 0 Å². The van der Waals surface area contributed by atoms with Crippen LogP contribution >= 0.6 is 0 Å². The Hall–Kier alpha value is -1.42. The Bertz CT molecular complexity index is 450. The second kappa shape index (κ2) is 7.39. The van der Waals surface area contributed by atoms with Gasteiger partial charge in [-0.25, -0.2) is 4.39 Å². The van der Waals surface area contributed by atoms with E-state index in [1.54, 1.807) is 6.07 Å². The van der Waals surface area contributed by atoms with Gasteiger partial charge in [0.2, 0.25) is 5.91 Å². The third-order valence-corrected chi connectivity index (χ3v) is 4.00. The van der Waals surface area contributed by atoms with Crippen LogP contribution in [0, 0.1) is 5.82 Å². The molecule has 1 aliphatic heterocycles. The molecule has 0 spiro atoms. The number of rotatable bonds is 5. The van der Waals surface area contributed by atoms with Crippen molar-refractivity contribution in [3.8, 4) is 0 Å². The first kappa shape index (κ1) is 15.0. The average molecular weight is 278 g/mol. The van der Waals surface area contributed by atoms with Gasteiger partial charge in [-0.2, -0.15) is 0 Å². The lowest BCUT2D eigenvalue weighted by Crippen LogP contribution is -2.37. The van der Waals surface area contributed by atoms with Crippen LogP contribution in [0.15, 0.2) is 24.3 Å². The Balaban J connectivity index is 1.70. The second-order valence-electron chi connectivity index (χ2n) is 5.58. The van der Waals surface area contributed by atoms with Gasteiger partial charge in [0.1, 0.15) is 5.82 Å². The topological polar surface area (TPSA) is 32.3 Å². The Morgan fingerprint density at radius 3 is 3.05 bits per heavy atom. The zero-order valence-corrected chi connectivity index (χ0v) is 12.1. The molecule has 0 bridgehead atoms. The summed E-state index contributed by atoms with van der Waals surface area (Å²) < 4.78 is 13.0. The zero-order chi connectivity index (χ0) is 14.4. The molecule has 0 aromatic heterocycles. The van der Waals surface area contributed by atoms with E-state index in [0.29, 0.717) is 19.0 Å². The lowest BCUT2D eigenvalue weighted by atomic mass is 9.98. The minimum absolute atomic E-state index is 0.0493. The smallest absolute Gasteiger partial charge is 0.220 e. The van der Waals surface area contributed by atoms with Crippen LogP contribution in [-0.4, -0.2) is 30.4 Å². The van der Waals surface area contributed by atoms with E-state index >= 15 is 0 Å². The molecular weight excluding hydrogens is 255 g/mol. The van der Waals surface area contributed by atoms with Gasteiger partial charge in [0.15, 0.2) is 0 Å². The van der Waals surface area contributed by atoms with E-state index < -0.39 is 0 Å². The summed E-state index contributed by atoms with van der Waals surface area (Å²) in [4.78, 5) is 14.2. The molecule has 1 amide bonds. The number of benzene rings is 1. The van der Waals surface area contributed by atoms with Crippen molar-refractivity contribution in [2.75, 3.05) is 13.6 Å². The molecule has 0 aliphatic carbocycles. The number of carbonyl (C=O) groups excluding carboxylic acids is 1. The van der Waals surface area contributed by atoms with Crippen LogP contribution in [0.4, 0.5) is 4.39 Å². The fraction of sp³-hybridized carbons (Fsp3) is 0.562. The molecule has 20 heavy (non-hydrogen) atoms. The van der Waals surface area contributed by atoms with Crippen molar-refractivity contribution in [3.63, 3.8) is 0 Å². The molecule has 0 unspecified atom stereocenters. The Kier molecular flexibility index (Phi) is 5.53. The molecule has 0 radical (unpaired) electrons. The fourth-order valence-corrected chi connectivity index (χ4v) is 2.74. The van der Waals surface area contributed by atoms with Crippen LogP contribution < -0.4 is 5.32 Å². The molecule has 1 N–H and O–H groups in total. The Labute approximate surface area is 120 Å². The largest absolute Gasteiger partial charge is 0.352 e. The number of hydrogen-bond donors (Lipinski definition) is 1. The maximum absolute atomic E-state index is 13.0. The fourth-order valence-electron chi connectivity index (χ4n) is 2.74. The molecule has 1 saturated heterocycles. The van der Waals surface area contributed by atoms with E-state index in [-0.39, 0.29) is 11.7 Å². The minimum Gasteiger partial charge on any atom is -0.352 e. The van der Waals surface area contributed by atoms with Crippen molar-refractivity contribution < 1.29 is 9.18 Å². The van der Waals surface area contributed by atoms with Crippen LogP contribution in [0.25, 0.3) is 0 Å². The molecule has 110 valence electrons. The van der Waals surface area contributed by atoms with Gasteiger partial charge in [0, 0.05) is 19.0 Å².